The number of ether oxygens (including phenoxy) is 3. The predicted molar refractivity (Wildman–Crippen MR) is 109 cm³/mol. The van der Waals surface area contributed by atoms with Crippen LogP contribution in [0.2, 0.25) is 0 Å². The zero-order chi connectivity index (χ0) is 22.2. The van der Waals surface area contributed by atoms with Crippen LogP contribution in [0.3, 0.4) is 0 Å². The Bertz CT molecular complexity index is 698. The Kier molecular flexibility index (Phi) is 9.02. The number of rotatable bonds is 9. The van der Waals surface area contributed by atoms with E-state index in [-0.39, 0.29) is 12.3 Å². The summed E-state index contributed by atoms with van der Waals surface area (Å²) < 4.78 is 16.4. The maximum Gasteiger partial charge on any atom is 0.229 e. The van der Waals surface area contributed by atoms with E-state index in [1.54, 1.807) is 24.3 Å². The normalized spacial score (nSPS) is 29.5. The van der Waals surface area contributed by atoms with Gasteiger partial charge in [0.15, 0.2) is 0 Å². The lowest BCUT2D eigenvalue weighted by Gasteiger charge is -2.39. The Labute approximate surface area is 181 Å². The van der Waals surface area contributed by atoms with E-state index >= 15 is 0 Å². The average molecular weight is 440 g/mol. The summed E-state index contributed by atoms with van der Waals surface area (Å²) in [6.07, 6.45) is -5.95. The van der Waals surface area contributed by atoms with Crippen LogP contribution in [0.1, 0.15) is 12.0 Å². The van der Waals surface area contributed by atoms with Gasteiger partial charge in [-0.2, -0.15) is 0 Å². The quantitative estimate of drug-likeness (QED) is 0.283. The average Bonchev–Trinajstić information content (AvgIpc) is 2.79. The molecule has 1 amide bonds. The molecule has 0 saturated carbocycles. The SMILES string of the molecule is O=C(Cc1ccccc1OC1OC(CO)C(O)C(O)C1O)NCCCN1CCOCC1. The first-order valence-corrected chi connectivity index (χ1v) is 10.6. The molecule has 0 aromatic heterocycles. The summed E-state index contributed by atoms with van der Waals surface area (Å²) in [4.78, 5) is 14.7. The van der Waals surface area contributed by atoms with E-state index in [1.165, 1.54) is 0 Å². The van der Waals surface area contributed by atoms with Gasteiger partial charge in [0.05, 0.1) is 26.2 Å². The molecule has 0 radical (unpaired) electrons. The molecule has 5 atom stereocenters. The molecule has 1 aromatic rings. The molecule has 10 nitrogen and oxygen atoms in total. The van der Waals surface area contributed by atoms with Crippen LogP contribution in [0.5, 0.6) is 5.75 Å². The van der Waals surface area contributed by atoms with E-state index in [1.807, 2.05) is 0 Å². The molecule has 0 aliphatic carbocycles. The van der Waals surface area contributed by atoms with E-state index in [2.05, 4.69) is 10.2 Å². The van der Waals surface area contributed by atoms with Gasteiger partial charge in [-0.3, -0.25) is 9.69 Å². The van der Waals surface area contributed by atoms with Gasteiger partial charge in [0.25, 0.3) is 0 Å². The van der Waals surface area contributed by atoms with Crippen LogP contribution in [-0.2, 0) is 20.7 Å². The monoisotopic (exact) mass is 440 g/mol. The zero-order valence-corrected chi connectivity index (χ0v) is 17.4. The lowest BCUT2D eigenvalue weighted by atomic mass is 9.99. The molecule has 2 aliphatic rings. The lowest BCUT2D eigenvalue weighted by Crippen LogP contribution is -2.60. The summed E-state index contributed by atoms with van der Waals surface area (Å²) in [5, 5.41) is 42.2. The van der Waals surface area contributed by atoms with Crippen molar-refractivity contribution in [2.24, 2.45) is 0 Å². The maximum atomic E-state index is 12.4. The Morgan fingerprint density at radius 2 is 1.87 bits per heavy atom. The van der Waals surface area contributed by atoms with Gasteiger partial charge < -0.3 is 40.0 Å². The van der Waals surface area contributed by atoms with Gasteiger partial charge in [0, 0.05) is 25.2 Å². The molecule has 31 heavy (non-hydrogen) atoms. The number of morpholine rings is 1. The van der Waals surface area contributed by atoms with Crippen LogP contribution >= 0.6 is 0 Å². The molecule has 5 unspecified atom stereocenters. The van der Waals surface area contributed by atoms with E-state index in [4.69, 9.17) is 14.2 Å². The molecule has 0 spiro atoms. The number of carbonyl (C=O) groups excluding carboxylic acids is 1. The van der Waals surface area contributed by atoms with Crippen molar-refractivity contribution in [2.45, 2.75) is 43.5 Å². The van der Waals surface area contributed by atoms with Gasteiger partial charge in [-0.1, -0.05) is 18.2 Å². The first-order chi connectivity index (χ1) is 15.0. The number of aliphatic hydroxyl groups is 4. The van der Waals surface area contributed by atoms with E-state index in [0.717, 1.165) is 39.3 Å². The minimum absolute atomic E-state index is 0.0746. The van der Waals surface area contributed by atoms with Gasteiger partial charge >= 0.3 is 0 Å². The van der Waals surface area contributed by atoms with E-state index < -0.39 is 37.3 Å². The summed E-state index contributed by atoms with van der Waals surface area (Å²) in [6.45, 7) is 4.24. The molecule has 2 saturated heterocycles. The van der Waals surface area contributed by atoms with Crippen LogP contribution in [0.4, 0.5) is 0 Å². The largest absolute Gasteiger partial charge is 0.462 e. The van der Waals surface area contributed by atoms with Crippen molar-refractivity contribution >= 4 is 5.91 Å². The van der Waals surface area contributed by atoms with Gasteiger partial charge in [0.2, 0.25) is 12.2 Å². The second-order valence-electron chi connectivity index (χ2n) is 7.76. The number of para-hydroxylation sites is 1. The highest BCUT2D eigenvalue weighted by Crippen LogP contribution is 2.26. The molecule has 0 bridgehead atoms. The van der Waals surface area contributed by atoms with Crippen molar-refractivity contribution in [3.63, 3.8) is 0 Å². The number of amides is 1. The summed E-state index contributed by atoms with van der Waals surface area (Å²) >= 11 is 0. The summed E-state index contributed by atoms with van der Waals surface area (Å²) in [6, 6.07) is 6.83. The number of hydrogen-bond donors (Lipinski definition) is 5. The van der Waals surface area contributed by atoms with Crippen molar-refractivity contribution in [1.82, 2.24) is 10.2 Å². The van der Waals surface area contributed by atoms with Crippen LogP contribution in [0.25, 0.3) is 0 Å². The fourth-order valence-electron chi connectivity index (χ4n) is 3.65. The Balaban J connectivity index is 1.50. The molecule has 174 valence electrons. The number of nitrogens with zero attached hydrogens (tertiary/aromatic N) is 1. The Morgan fingerprint density at radius 1 is 1.13 bits per heavy atom. The highest BCUT2D eigenvalue weighted by Gasteiger charge is 2.44. The second-order valence-corrected chi connectivity index (χ2v) is 7.76. The van der Waals surface area contributed by atoms with E-state index in [0.29, 0.717) is 17.9 Å². The smallest absolute Gasteiger partial charge is 0.229 e. The van der Waals surface area contributed by atoms with E-state index in [9.17, 15) is 25.2 Å². The number of benzene rings is 1. The molecule has 10 heteroatoms. The van der Waals surface area contributed by atoms with Crippen LogP contribution < -0.4 is 10.1 Å². The molecular formula is C21H32N2O8. The van der Waals surface area contributed by atoms with Gasteiger partial charge in [-0.25, -0.2) is 0 Å². The molecular weight excluding hydrogens is 408 g/mol. The van der Waals surface area contributed by atoms with Crippen LogP contribution in [0, 0.1) is 0 Å². The zero-order valence-electron chi connectivity index (χ0n) is 17.4. The summed E-state index contributed by atoms with van der Waals surface area (Å²) in [5.41, 5.74) is 0.588. The molecule has 2 aliphatic heterocycles. The van der Waals surface area contributed by atoms with Crippen molar-refractivity contribution in [1.29, 1.82) is 0 Å². The topological polar surface area (TPSA) is 141 Å². The van der Waals surface area contributed by atoms with Gasteiger partial charge in [-0.05, 0) is 19.0 Å². The number of aliphatic hydroxyl groups excluding tert-OH is 4. The number of nitrogens with one attached hydrogen (secondary N) is 1. The first kappa shape index (κ1) is 23.9. The Morgan fingerprint density at radius 3 is 2.61 bits per heavy atom. The second kappa shape index (κ2) is 11.7. The highest BCUT2D eigenvalue weighted by atomic mass is 16.7. The molecule has 3 rings (SSSR count). The first-order valence-electron chi connectivity index (χ1n) is 10.6. The number of carbonyl (C=O) groups is 1. The highest BCUT2D eigenvalue weighted by molar-refractivity contribution is 5.79. The minimum atomic E-state index is -1.53. The fraction of sp³-hybridized carbons (Fsp3) is 0.667. The Hall–Kier alpha value is -1.79. The number of hydrogen-bond acceptors (Lipinski definition) is 9. The fourth-order valence-corrected chi connectivity index (χ4v) is 3.65. The third-order valence-electron chi connectivity index (χ3n) is 5.49. The lowest BCUT2D eigenvalue weighted by molar-refractivity contribution is -0.277. The molecule has 2 heterocycles. The third kappa shape index (κ3) is 6.59. The standard InChI is InChI=1S/C21H32N2O8/c24-13-16-18(26)19(27)20(28)21(31-16)30-15-5-2-1-4-14(15)12-17(25)22-6-3-7-23-8-10-29-11-9-23/h1-2,4-5,16,18-21,24,26-28H,3,6-13H2,(H,22,25). The molecule has 1 aromatic carbocycles. The minimum Gasteiger partial charge on any atom is -0.462 e. The van der Waals surface area contributed by atoms with Crippen LogP contribution in [0.15, 0.2) is 24.3 Å². The van der Waals surface area contributed by atoms with Crippen molar-refractivity contribution in [3.8, 4) is 5.75 Å². The maximum absolute atomic E-state index is 12.4. The van der Waals surface area contributed by atoms with Crippen LogP contribution in [-0.4, -0.2) is 108 Å². The summed E-state index contributed by atoms with van der Waals surface area (Å²) in [5.74, 6) is 0.155. The molecule has 2 fully saturated rings. The predicted octanol–water partition coefficient (Wildman–Crippen LogP) is -1.75. The van der Waals surface area contributed by atoms with Gasteiger partial charge in [-0.15, -0.1) is 0 Å². The molecule has 5 N–H and O–H groups in total. The van der Waals surface area contributed by atoms with Gasteiger partial charge in [0.1, 0.15) is 30.2 Å². The van der Waals surface area contributed by atoms with Crippen molar-refractivity contribution in [3.05, 3.63) is 29.8 Å². The summed E-state index contributed by atoms with van der Waals surface area (Å²) in [7, 11) is 0. The third-order valence-corrected chi connectivity index (χ3v) is 5.49. The van der Waals surface area contributed by atoms with Crippen molar-refractivity contribution in [2.75, 3.05) is 46.0 Å². The van der Waals surface area contributed by atoms with Crippen molar-refractivity contribution < 1.29 is 39.4 Å².